The monoisotopic (exact) mass is 231 g/mol. The second kappa shape index (κ2) is 5.89. The minimum atomic E-state index is -0.0343. The third kappa shape index (κ3) is 3.99. The summed E-state index contributed by atoms with van der Waals surface area (Å²) >= 11 is 11.2. The molecule has 0 unspecified atom stereocenters. The molecule has 0 radical (unpaired) electrons. The predicted octanol–water partition coefficient (Wildman–Crippen LogP) is 3.30. The first-order valence-corrected chi connectivity index (χ1v) is 5.25. The lowest BCUT2D eigenvalue weighted by atomic mass is 10.3. The molecule has 2 nitrogen and oxygen atoms in total. The summed E-state index contributed by atoms with van der Waals surface area (Å²) in [5.41, 5.74) is 0.720. The van der Waals surface area contributed by atoms with Gasteiger partial charge in [-0.25, -0.2) is 0 Å². The maximum atomic E-state index is 11.3. The Bertz CT molecular complexity index is 315. The number of hydrogen-bond acceptors (Lipinski definition) is 1. The highest BCUT2D eigenvalue weighted by molar-refractivity contribution is 6.30. The zero-order chi connectivity index (χ0) is 10.4. The minimum absolute atomic E-state index is 0.0343. The van der Waals surface area contributed by atoms with Crippen molar-refractivity contribution in [3.05, 3.63) is 29.3 Å². The number of nitrogens with one attached hydrogen (secondary N) is 1. The van der Waals surface area contributed by atoms with Gasteiger partial charge >= 0.3 is 0 Å². The highest BCUT2D eigenvalue weighted by atomic mass is 35.5. The molecule has 0 saturated heterocycles. The van der Waals surface area contributed by atoms with Crippen LogP contribution in [-0.4, -0.2) is 11.8 Å². The molecule has 1 rings (SSSR count). The average molecular weight is 232 g/mol. The van der Waals surface area contributed by atoms with Gasteiger partial charge in [-0.2, -0.15) is 0 Å². The van der Waals surface area contributed by atoms with Gasteiger partial charge in [0.25, 0.3) is 0 Å². The quantitative estimate of drug-likeness (QED) is 0.793. The number of benzene rings is 1. The summed E-state index contributed by atoms with van der Waals surface area (Å²) in [6.07, 6.45) is 1.13. The molecule has 0 atom stereocenters. The maximum absolute atomic E-state index is 11.3. The van der Waals surface area contributed by atoms with Crippen LogP contribution in [0.3, 0.4) is 0 Å². The number of rotatable bonds is 4. The Morgan fingerprint density at radius 1 is 1.43 bits per heavy atom. The fraction of sp³-hybridized carbons (Fsp3) is 0.300. The lowest BCUT2D eigenvalue weighted by Crippen LogP contribution is -2.11. The molecule has 1 amide bonds. The number of halogens is 2. The average Bonchev–Trinajstić information content (AvgIpc) is 2.15. The van der Waals surface area contributed by atoms with Gasteiger partial charge in [0.15, 0.2) is 0 Å². The summed E-state index contributed by atoms with van der Waals surface area (Å²) in [5, 5.41) is 3.35. The molecule has 0 aliphatic rings. The van der Waals surface area contributed by atoms with E-state index >= 15 is 0 Å². The highest BCUT2D eigenvalue weighted by Crippen LogP contribution is 2.15. The van der Waals surface area contributed by atoms with E-state index in [1.54, 1.807) is 24.3 Å². The molecule has 0 heterocycles. The minimum Gasteiger partial charge on any atom is -0.326 e. The first-order chi connectivity index (χ1) is 6.72. The lowest BCUT2D eigenvalue weighted by molar-refractivity contribution is -0.116. The molecule has 0 spiro atoms. The molecule has 0 bridgehead atoms. The van der Waals surface area contributed by atoms with Crippen LogP contribution < -0.4 is 5.32 Å². The molecule has 0 aliphatic heterocycles. The number of hydrogen-bond donors (Lipinski definition) is 1. The second-order valence-corrected chi connectivity index (χ2v) is 3.67. The number of carbonyl (C=O) groups excluding carboxylic acids is 1. The fourth-order valence-corrected chi connectivity index (χ4v) is 1.34. The van der Waals surface area contributed by atoms with Crippen LogP contribution >= 0.6 is 23.2 Å². The largest absolute Gasteiger partial charge is 0.326 e. The van der Waals surface area contributed by atoms with Gasteiger partial charge in [-0.15, -0.1) is 11.6 Å². The predicted molar refractivity (Wildman–Crippen MR) is 60.0 cm³/mol. The van der Waals surface area contributed by atoms with E-state index in [9.17, 15) is 4.79 Å². The zero-order valence-corrected chi connectivity index (χ0v) is 9.11. The number of carbonyl (C=O) groups is 1. The van der Waals surface area contributed by atoms with E-state index in [2.05, 4.69) is 5.32 Å². The van der Waals surface area contributed by atoms with E-state index in [4.69, 9.17) is 23.2 Å². The number of amides is 1. The lowest BCUT2D eigenvalue weighted by Gasteiger charge is -2.04. The summed E-state index contributed by atoms with van der Waals surface area (Å²) in [7, 11) is 0. The van der Waals surface area contributed by atoms with E-state index in [1.807, 2.05) is 0 Å². The smallest absolute Gasteiger partial charge is 0.224 e. The third-order valence-electron chi connectivity index (χ3n) is 1.65. The highest BCUT2D eigenvalue weighted by Gasteiger charge is 2.01. The Labute approximate surface area is 93.2 Å². The van der Waals surface area contributed by atoms with Crippen LogP contribution in [0.15, 0.2) is 24.3 Å². The molecule has 0 saturated carbocycles. The molecule has 4 heteroatoms. The molecule has 1 N–H and O–H groups in total. The summed E-state index contributed by atoms with van der Waals surface area (Å²) in [6, 6.07) is 7.06. The van der Waals surface area contributed by atoms with Crippen molar-refractivity contribution in [3.63, 3.8) is 0 Å². The van der Waals surface area contributed by atoms with Crippen molar-refractivity contribution in [3.8, 4) is 0 Å². The number of alkyl halides is 1. The van der Waals surface area contributed by atoms with Crippen LogP contribution in [0.1, 0.15) is 12.8 Å². The van der Waals surface area contributed by atoms with Gasteiger partial charge in [0, 0.05) is 23.0 Å². The van der Waals surface area contributed by atoms with Gasteiger partial charge in [-0.1, -0.05) is 17.7 Å². The Morgan fingerprint density at radius 2 is 2.21 bits per heavy atom. The summed E-state index contributed by atoms with van der Waals surface area (Å²) in [6.45, 7) is 0. The molecular weight excluding hydrogens is 221 g/mol. The second-order valence-electron chi connectivity index (χ2n) is 2.85. The Balaban J connectivity index is 2.47. The van der Waals surface area contributed by atoms with E-state index in [0.29, 0.717) is 23.7 Å². The van der Waals surface area contributed by atoms with Crippen molar-refractivity contribution in [2.24, 2.45) is 0 Å². The van der Waals surface area contributed by atoms with Crippen molar-refractivity contribution >= 4 is 34.8 Å². The zero-order valence-electron chi connectivity index (χ0n) is 7.59. The van der Waals surface area contributed by atoms with E-state index in [1.165, 1.54) is 0 Å². The Morgan fingerprint density at radius 3 is 2.86 bits per heavy atom. The summed E-state index contributed by atoms with van der Waals surface area (Å²) in [5.74, 6) is 0.469. The SMILES string of the molecule is O=C(CCCCl)Nc1cccc(Cl)c1. The van der Waals surface area contributed by atoms with Crippen molar-refractivity contribution in [1.82, 2.24) is 0 Å². The summed E-state index contributed by atoms with van der Waals surface area (Å²) < 4.78 is 0. The van der Waals surface area contributed by atoms with Crippen molar-refractivity contribution in [2.75, 3.05) is 11.2 Å². The third-order valence-corrected chi connectivity index (χ3v) is 2.15. The molecule has 14 heavy (non-hydrogen) atoms. The van der Waals surface area contributed by atoms with Crippen LogP contribution in [0.5, 0.6) is 0 Å². The fourth-order valence-electron chi connectivity index (χ4n) is 1.02. The molecule has 0 aliphatic carbocycles. The van der Waals surface area contributed by atoms with Crippen molar-refractivity contribution in [1.29, 1.82) is 0 Å². The van der Waals surface area contributed by atoms with Crippen LogP contribution in [0.25, 0.3) is 0 Å². The topological polar surface area (TPSA) is 29.1 Å². The molecule has 76 valence electrons. The van der Waals surface area contributed by atoms with Gasteiger partial charge in [0.1, 0.15) is 0 Å². The van der Waals surface area contributed by atoms with Gasteiger partial charge in [-0.05, 0) is 24.6 Å². The first kappa shape index (κ1) is 11.3. The molecule has 1 aromatic rings. The van der Waals surface area contributed by atoms with E-state index in [-0.39, 0.29) is 5.91 Å². The van der Waals surface area contributed by atoms with E-state index in [0.717, 1.165) is 5.69 Å². The van der Waals surface area contributed by atoms with Crippen LogP contribution in [0.4, 0.5) is 5.69 Å². The van der Waals surface area contributed by atoms with E-state index < -0.39 is 0 Å². The van der Waals surface area contributed by atoms with Gasteiger partial charge in [0.05, 0.1) is 0 Å². The Hall–Kier alpha value is -0.730. The number of anilines is 1. The molecule has 1 aromatic carbocycles. The molecular formula is C10H11Cl2NO. The van der Waals surface area contributed by atoms with Gasteiger partial charge in [0.2, 0.25) is 5.91 Å². The first-order valence-electron chi connectivity index (χ1n) is 4.34. The maximum Gasteiger partial charge on any atom is 0.224 e. The Kier molecular flexibility index (Phi) is 4.77. The van der Waals surface area contributed by atoms with Gasteiger partial charge < -0.3 is 5.32 Å². The van der Waals surface area contributed by atoms with Crippen LogP contribution in [0, 0.1) is 0 Å². The van der Waals surface area contributed by atoms with Crippen molar-refractivity contribution in [2.45, 2.75) is 12.8 Å². The molecule has 0 aromatic heterocycles. The molecule has 0 fully saturated rings. The summed E-state index contributed by atoms with van der Waals surface area (Å²) in [4.78, 5) is 11.3. The van der Waals surface area contributed by atoms with Crippen LogP contribution in [0.2, 0.25) is 5.02 Å². The van der Waals surface area contributed by atoms with Crippen LogP contribution in [-0.2, 0) is 4.79 Å². The van der Waals surface area contributed by atoms with Crippen molar-refractivity contribution < 1.29 is 4.79 Å². The van der Waals surface area contributed by atoms with Gasteiger partial charge in [-0.3, -0.25) is 4.79 Å². The normalized spacial score (nSPS) is 9.86. The standard InChI is InChI=1S/C10H11Cl2NO/c11-6-2-5-10(14)13-9-4-1-3-8(12)7-9/h1,3-4,7H,2,5-6H2,(H,13,14).